The third kappa shape index (κ3) is 2.55. The van der Waals surface area contributed by atoms with Crippen LogP contribution >= 0.6 is 11.3 Å². The molecular weight excluding hydrogens is 390 g/mol. The molecule has 9 heteroatoms. The molecule has 2 amide bonds. The number of carbonyl (C=O) groups is 2. The van der Waals surface area contributed by atoms with Gasteiger partial charge in [0.2, 0.25) is 0 Å². The second kappa shape index (κ2) is 6.08. The average Bonchev–Trinajstić information content (AvgIpc) is 3.24. The number of carbonyl (C=O) groups excluding carboxylic acids is 2. The standard InChI is InChI=1S/C20H13N5O3S/c1-9-7-10(19-23-12-3-2-6-22-20(12)29-19)4-5-13(9)25-14(26)8-11-15(16(25)21)18(28)24-17(11)27/h2-8H,21H2,1H3,(H,24,27,28). The highest BCUT2D eigenvalue weighted by atomic mass is 32.1. The summed E-state index contributed by atoms with van der Waals surface area (Å²) >= 11 is 1.48. The smallest absolute Gasteiger partial charge is 0.262 e. The van der Waals surface area contributed by atoms with Crippen LogP contribution in [0.25, 0.3) is 26.6 Å². The molecule has 3 N–H and O–H groups in total. The first-order valence-corrected chi connectivity index (χ1v) is 9.50. The maximum absolute atomic E-state index is 12.7. The van der Waals surface area contributed by atoms with E-state index in [1.54, 1.807) is 12.3 Å². The second-order valence-corrected chi connectivity index (χ2v) is 7.60. The van der Waals surface area contributed by atoms with Gasteiger partial charge in [0.25, 0.3) is 17.4 Å². The van der Waals surface area contributed by atoms with Crippen molar-refractivity contribution in [1.82, 2.24) is 19.9 Å². The highest BCUT2D eigenvalue weighted by molar-refractivity contribution is 7.21. The maximum atomic E-state index is 12.7. The summed E-state index contributed by atoms with van der Waals surface area (Å²) in [6.45, 7) is 1.84. The van der Waals surface area contributed by atoms with Crippen LogP contribution in [-0.4, -0.2) is 26.3 Å². The number of amides is 2. The normalized spacial score (nSPS) is 13.0. The van der Waals surface area contributed by atoms with Crippen molar-refractivity contribution in [3.05, 3.63) is 69.6 Å². The number of aryl methyl sites for hydroxylation is 1. The zero-order chi connectivity index (χ0) is 20.3. The van der Waals surface area contributed by atoms with Crippen LogP contribution in [0.2, 0.25) is 0 Å². The fourth-order valence-corrected chi connectivity index (χ4v) is 4.36. The van der Waals surface area contributed by atoms with Crippen molar-refractivity contribution < 1.29 is 9.59 Å². The second-order valence-electron chi connectivity index (χ2n) is 6.62. The molecule has 1 aliphatic heterocycles. The molecule has 142 valence electrons. The quantitative estimate of drug-likeness (QED) is 0.496. The topological polar surface area (TPSA) is 120 Å². The Balaban J connectivity index is 1.65. The Morgan fingerprint density at radius 2 is 1.93 bits per heavy atom. The molecule has 0 saturated carbocycles. The highest BCUT2D eigenvalue weighted by Gasteiger charge is 2.32. The monoisotopic (exact) mass is 403 g/mol. The molecule has 0 radical (unpaired) electrons. The first-order valence-electron chi connectivity index (χ1n) is 8.68. The van der Waals surface area contributed by atoms with Crippen molar-refractivity contribution >= 4 is 39.3 Å². The van der Waals surface area contributed by atoms with Crippen LogP contribution in [0.1, 0.15) is 26.3 Å². The molecule has 0 bridgehead atoms. The Labute approximate surface area is 167 Å². The van der Waals surface area contributed by atoms with Gasteiger partial charge >= 0.3 is 0 Å². The summed E-state index contributed by atoms with van der Waals surface area (Å²) in [5, 5.41) is 2.98. The lowest BCUT2D eigenvalue weighted by Gasteiger charge is -2.14. The predicted octanol–water partition coefficient (Wildman–Crippen LogP) is 2.28. The lowest BCUT2D eigenvalue weighted by atomic mass is 10.1. The van der Waals surface area contributed by atoms with Crippen LogP contribution < -0.4 is 16.6 Å². The summed E-state index contributed by atoms with van der Waals surface area (Å²) in [5.41, 5.74) is 8.68. The molecule has 0 saturated heterocycles. The zero-order valence-corrected chi connectivity index (χ0v) is 15.9. The van der Waals surface area contributed by atoms with Crippen LogP contribution in [0.3, 0.4) is 0 Å². The summed E-state index contributed by atoms with van der Waals surface area (Å²) in [6.07, 6.45) is 1.72. The Morgan fingerprint density at radius 3 is 2.69 bits per heavy atom. The van der Waals surface area contributed by atoms with Gasteiger partial charge in [-0.15, -0.1) is 0 Å². The molecule has 0 aliphatic carbocycles. The minimum atomic E-state index is -0.613. The number of thiazole rings is 1. The molecule has 0 fully saturated rings. The molecular formula is C20H13N5O3S. The summed E-state index contributed by atoms with van der Waals surface area (Å²) in [7, 11) is 0. The molecule has 0 unspecified atom stereocenters. The minimum Gasteiger partial charge on any atom is -0.384 e. The molecule has 8 nitrogen and oxygen atoms in total. The lowest BCUT2D eigenvalue weighted by molar-refractivity contribution is 0.0880. The Hall–Kier alpha value is -3.85. The van der Waals surface area contributed by atoms with Crippen LogP contribution in [0, 0.1) is 6.92 Å². The molecule has 29 heavy (non-hydrogen) atoms. The minimum absolute atomic E-state index is 0.00463. The van der Waals surface area contributed by atoms with Crippen molar-refractivity contribution in [1.29, 1.82) is 0 Å². The SMILES string of the molecule is Cc1cc(-c2nc3cccnc3s2)ccc1-n1c(N)c2c(cc1=O)C(=O)NC2=O. The summed E-state index contributed by atoms with van der Waals surface area (Å²) in [4.78, 5) is 46.3. The van der Waals surface area contributed by atoms with E-state index in [0.29, 0.717) is 5.69 Å². The summed E-state index contributed by atoms with van der Waals surface area (Å²) < 4.78 is 1.25. The van der Waals surface area contributed by atoms with E-state index < -0.39 is 17.4 Å². The summed E-state index contributed by atoms with van der Waals surface area (Å²) in [6, 6.07) is 10.4. The van der Waals surface area contributed by atoms with Crippen molar-refractivity contribution in [3.8, 4) is 16.3 Å². The Kier molecular flexibility index (Phi) is 3.62. The van der Waals surface area contributed by atoms with Gasteiger partial charge in [-0.3, -0.25) is 24.3 Å². The lowest BCUT2D eigenvalue weighted by Crippen LogP contribution is -2.24. The fourth-order valence-electron chi connectivity index (χ4n) is 3.46. The number of nitrogen functional groups attached to an aromatic ring is 1. The van der Waals surface area contributed by atoms with E-state index in [-0.39, 0.29) is 16.9 Å². The predicted molar refractivity (Wildman–Crippen MR) is 109 cm³/mol. The molecule has 4 heterocycles. The Bertz CT molecular complexity index is 1390. The molecule has 1 aliphatic rings. The first kappa shape index (κ1) is 17.3. The van der Waals surface area contributed by atoms with Crippen molar-refractivity contribution in [3.63, 3.8) is 0 Å². The molecule has 0 atom stereocenters. The van der Waals surface area contributed by atoms with E-state index in [2.05, 4.69) is 15.3 Å². The Morgan fingerprint density at radius 1 is 1.10 bits per heavy atom. The maximum Gasteiger partial charge on any atom is 0.262 e. The number of fused-ring (bicyclic) bond motifs is 2. The summed E-state index contributed by atoms with van der Waals surface area (Å²) in [5.74, 6) is -1.28. The largest absolute Gasteiger partial charge is 0.384 e. The van der Waals surface area contributed by atoms with Gasteiger partial charge in [0.05, 0.1) is 16.8 Å². The van der Waals surface area contributed by atoms with Gasteiger partial charge in [-0.05, 0) is 42.8 Å². The number of nitrogens with zero attached hydrogens (tertiary/aromatic N) is 3. The number of nitrogens with two attached hydrogens (primary N) is 1. The van der Waals surface area contributed by atoms with E-state index in [1.165, 1.54) is 15.9 Å². The van der Waals surface area contributed by atoms with Crippen LogP contribution in [0.5, 0.6) is 0 Å². The van der Waals surface area contributed by atoms with Gasteiger partial charge in [-0.2, -0.15) is 0 Å². The third-order valence-corrected chi connectivity index (χ3v) is 5.83. The van der Waals surface area contributed by atoms with Gasteiger partial charge < -0.3 is 5.73 Å². The van der Waals surface area contributed by atoms with E-state index >= 15 is 0 Å². The van der Waals surface area contributed by atoms with Gasteiger partial charge in [0.1, 0.15) is 21.2 Å². The first-order chi connectivity index (χ1) is 13.9. The van der Waals surface area contributed by atoms with E-state index in [0.717, 1.165) is 32.5 Å². The fraction of sp³-hybridized carbons (Fsp3) is 0.0500. The van der Waals surface area contributed by atoms with Crippen LogP contribution in [0.4, 0.5) is 5.82 Å². The van der Waals surface area contributed by atoms with E-state index in [4.69, 9.17) is 5.73 Å². The number of hydrogen-bond acceptors (Lipinski definition) is 7. The highest BCUT2D eigenvalue weighted by Crippen LogP contribution is 2.31. The van der Waals surface area contributed by atoms with Gasteiger partial charge in [0, 0.05) is 17.8 Å². The van der Waals surface area contributed by atoms with Crippen molar-refractivity contribution in [2.75, 3.05) is 5.73 Å². The van der Waals surface area contributed by atoms with Crippen molar-refractivity contribution in [2.24, 2.45) is 0 Å². The van der Waals surface area contributed by atoms with Gasteiger partial charge in [-0.25, -0.2) is 9.97 Å². The molecule has 4 aromatic rings. The molecule has 1 aromatic carbocycles. The van der Waals surface area contributed by atoms with Crippen LogP contribution in [0.15, 0.2) is 47.4 Å². The number of pyridine rings is 2. The van der Waals surface area contributed by atoms with Gasteiger partial charge in [-0.1, -0.05) is 11.3 Å². The number of nitrogens with one attached hydrogen (secondary N) is 1. The van der Waals surface area contributed by atoms with Crippen LogP contribution in [-0.2, 0) is 0 Å². The number of benzene rings is 1. The number of imide groups is 1. The molecule has 3 aromatic heterocycles. The van der Waals surface area contributed by atoms with Gasteiger partial charge in [0.15, 0.2) is 0 Å². The van der Waals surface area contributed by atoms with E-state index in [9.17, 15) is 14.4 Å². The number of anilines is 1. The number of aromatic nitrogens is 3. The average molecular weight is 403 g/mol. The van der Waals surface area contributed by atoms with E-state index in [1.807, 2.05) is 31.2 Å². The number of hydrogen-bond donors (Lipinski definition) is 2. The van der Waals surface area contributed by atoms with Crippen molar-refractivity contribution in [2.45, 2.75) is 6.92 Å². The third-order valence-electron chi connectivity index (χ3n) is 4.80. The molecule has 0 spiro atoms. The zero-order valence-electron chi connectivity index (χ0n) is 15.1. The molecule has 5 rings (SSSR count). The number of rotatable bonds is 2.